The van der Waals surface area contributed by atoms with Crippen LogP contribution in [0.25, 0.3) is 0 Å². The first-order valence-corrected chi connectivity index (χ1v) is 27.1. The lowest BCUT2D eigenvalue weighted by Crippen LogP contribution is -2.52. The van der Waals surface area contributed by atoms with Gasteiger partial charge in [0.1, 0.15) is 24.5 Å². The number of rotatable bonds is 27. The SMILES string of the molecule is C#C.C#C.C#C.C#C.C=C/C(OC(=C/C)/C(Cl)=C\C(=C)C)=C(O[C@@H](C)CC)\C(C)=C/C.CCC.C[C@@H]1OCCC(NC(=O)OCc2ccc(NC(=O)[C@H](CCCNC(N)=O)NC(=O)CNC(=O)CCCCCN3C(=O)C=CC3=O)cc2)[C@@H]1O. The van der Waals surface area contributed by atoms with Crippen molar-refractivity contribution in [2.45, 2.75) is 157 Å². The molecule has 5 atom stereocenters. The molecule has 2 heterocycles. The Bertz CT molecular complexity index is 2380. The highest BCUT2D eigenvalue weighted by molar-refractivity contribution is 6.31. The number of hydrogen-bond acceptors (Lipinski definition) is 12. The van der Waals surface area contributed by atoms with Crippen LogP contribution in [0, 0.1) is 51.4 Å². The van der Waals surface area contributed by atoms with Crippen LogP contribution in [0.2, 0.25) is 0 Å². The summed E-state index contributed by atoms with van der Waals surface area (Å²) in [7, 11) is 0. The first-order chi connectivity index (χ1) is 39.6. The van der Waals surface area contributed by atoms with Crippen molar-refractivity contribution in [1.29, 1.82) is 0 Å². The second kappa shape index (κ2) is 50.5. The summed E-state index contributed by atoms with van der Waals surface area (Å²) < 4.78 is 22.6. The highest BCUT2D eigenvalue weighted by Crippen LogP contribution is 2.27. The van der Waals surface area contributed by atoms with E-state index in [4.69, 9.17) is 36.3 Å². The van der Waals surface area contributed by atoms with E-state index in [2.05, 4.69) is 112 Å². The van der Waals surface area contributed by atoms with E-state index in [0.29, 0.717) is 72.3 Å². The number of nitrogens with zero attached hydrogens (tertiary/aromatic N) is 1. The average Bonchev–Trinajstić information content (AvgIpc) is 3.81. The molecule has 1 aromatic carbocycles. The fraction of sp³-hybridized carbons (Fsp3) is 0.444. The molecule has 2 aliphatic heterocycles. The van der Waals surface area contributed by atoms with Gasteiger partial charge in [-0.3, -0.25) is 28.9 Å². The number of aliphatic hydroxyl groups excluding tert-OH is 1. The minimum absolute atomic E-state index is 0.0511. The second-order valence-electron chi connectivity index (χ2n) is 17.7. The Morgan fingerprint density at radius 3 is 2.01 bits per heavy atom. The number of aliphatic hydroxyl groups is 1. The summed E-state index contributed by atoms with van der Waals surface area (Å²) in [5.41, 5.74) is 7.98. The van der Waals surface area contributed by atoms with Gasteiger partial charge in [0.2, 0.25) is 17.7 Å². The summed E-state index contributed by atoms with van der Waals surface area (Å²) in [4.78, 5) is 85.5. The lowest BCUT2D eigenvalue weighted by Gasteiger charge is -2.33. The van der Waals surface area contributed by atoms with Gasteiger partial charge in [-0.2, -0.15) is 0 Å². The molecule has 83 heavy (non-hydrogen) atoms. The Morgan fingerprint density at radius 1 is 0.904 bits per heavy atom. The summed E-state index contributed by atoms with van der Waals surface area (Å²) in [6.07, 6.45) is 44.6. The number of amides is 8. The molecule has 0 aromatic heterocycles. The monoisotopic (exact) mass is 1170 g/mol. The molecule has 0 bridgehead atoms. The lowest BCUT2D eigenvalue weighted by atomic mass is 10.0. The minimum Gasteiger partial charge on any atom is -0.487 e. The van der Waals surface area contributed by atoms with Gasteiger partial charge in [0.15, 0.2) is 11.5 Å². The molecule has 456 valence electrons. The van der Waals surface area contributed by atoms with E-state index in [1.165, 1.54) is 18.6 Å². The Balaban J connectivity index is -0.000000767. The molecule has 0 saturated carbocycles. The third-order valence-electron chi connectivity index (χ3n) is 11.0. The first-order valence-electron chi connectivity index (χ1n) is 26.8. The van der Waals surface area contributed by atoms with Gasteiger partial charge in [0.05, 0.1) is 29.8 Å². The molecular weight excluding hydrogens is 1080 g/mol. The smallest absolute Gasteiger partial charge is 0.407 e. The van der Waals surface area contributed by atoms with Crippen molar-refractivity contribution in [3.8, 4) is 51.4 Å². The van der Waals surface area contributed by atoms with E-state index in [-0.39, 0.29) is 62.9 Å². The number of hydrogen-bond donors (Lipinski definition) is 7. The summed E-state index contributed by atoms with van der Waals surface area (Å²) in [6, 6.07) is 4.30. The van der Waals surface area contributed by atoms with Gasteiger partial charge in [-0.25, -0.2) is 9.59 Å². The van der Waals surface area contributed by atoms with Crippen molar-refractivity contribution in [2.24, 2.45) is 5.73 Å². The normalized spacial score (nSPS) is 16.0. The molecule has 1 unspecified atom stereocenters. The maximum Gasteiger partial charge on any atom is 0.407 e. The fourth-order valence-corrected chi connectivity index (χ4v) is 7.00. The Labute approximate surface area is 499 Å². The summed E-state index contributed by atoms with van der Waals surface area (Å²) in [5.74, 6) is -0.434. The third kappa shape index (κ3) is 36.5. The van der Waals surface area contributed by atoms with Crippen LogP contribution in [0.15, 0.2) is 107 Å². The predicted octanol–water partition coefficient (Wildman–Crippen LogP) is 9.12. The first kappa shape index (κ1) is 81.0. The van der Waals surface area contributed by atoms with Gasteiger partial charge >= 0.3 is 12.1 Å². The predicted molar refractivity (Wildman–Crippen MR) is 331 cm³/mol. The van der Waals surface area contributed by atoms with Crippen molar-refractivity contribution in [3.63, 3.8) is 0 Å². The van der Waals surface area contributed by atoms with E-state index in [1.54, 1.807) is 49.4 Å². The molecule has 20 heteroatoms. The van der Waals surface area contributed by atoms with Crippen LogP contribution < -0.4 is 32.3 Å². The number of anilines is 1. The third-order valence-corrected chi connectivity index (χ3v) is 11.3. The van der Waals surface area contributed by atoms with Crippen LogP contribution in [0.5, 0.6) is 0 Å². The van der Waals surface area contributed by atoms with Crippen molar-refractivity contribution < 1.29 is 57.6 Å². The number of urea groups is 1. The van der Waals surface area contributed by atoms with Crippen LogP contribution in [0.3, 0.4) is 0 Å². The maximum atomic E-state index is 13.1. The number of primary amides is 1. The number of nitrogens with one attached hydrogen (secondary N) is 5. The zero-order chi connectivity index (χ0) is 64.5. The number of carbonyl (C=O) groups excluding carboxylic acids is 7. The van der Waals surface area contributed by atoms with Crippen LogP contribution in [0.4, 0.5) is 15.3 Å². The number of carbonyl (C=O) groups is 7. The van der Waals surface area contributed by atoms with Crippen molar-refractivity contribution in [3.05, 3.63) is 113 Å². The number of alkyl carbamates (subject to hydrolysis) is 1. The molecule has 1 saturated heterocycles. The number of ether oxygens (including phenoxy) is 4. The molecule has 8 amide bonds. The van der Waals surface area contributed by atoms with E-state index >= 15 is 0 Å². The number of imide groups is 1. The Kier molecular flexibility index (Phi) is 49.3. The molecule has 0 radical (unpaired) electrons. The number of unbranched alkanes of at least 4 members (excludes halogenated alkanes) is 2. The fourth-order valence-electron chi connectivity index (χ4n) is 6.67. The Hall–Kier alpha value is -8.46. The lowest BCUT2D eigenvalue weighted by molar-refractivity contribution is -0.137. The molecule has 19 nitrogen and oxygen atoms in total. The quantitative estimate of drug-likeness (QED) is 0.0143. The number of allylic oxidation sites excluding steroid dienone is 7. The van der Waals surface area contributed by atoms with Gasteiger partial charge in [-0.15, -0.1) is 51.4 Å². The zero-order valence-electron chi connectivity index (χ0n) is 49.9. The van der Waals surface area contributed by atoms with E-state index in [0.717, 1.165) is 22.5 Å². The molecule has 1 aromatic rings. The molecular formula is C63H90ClN7O12. The van der Waals surface area contributed by atoms with E-state index in [9.17, 15) is 38.7 Å². The topological polar surface area (TPSA) is 266 Å². The average molecular weight is 1170 g/mol. The molecule has 1 fully saturated rings. The van der Waals surface area contributed by atoms with Gasteiger partial charge in [-0.05, 0) is 122 Å². The van der Waals surface area contributed by atoms with Gasteiger partial charge < -0.3 is 56.4 Å². The van der Waals surface area contributed by atoms with Crippen molar-refractivity contribution >= 4 is 58.9 Å². The van der Waals surface area contributed by atoms with E-state index in [1.807, 2.05) is 40.7 Å². The largest absolute Gasteiger partial charge is 0.487 e. The van der Waals surface area contributed by atoms with Gasteiger partial charge in [0, 0.05) is 44.0 Å². The second-order valence-corrected chi connectivity index (χ2v) is 18.1. The van der Waals surface area contributed by atoms with Crippen LogP contribution in [-0.4, -0.2) is 108 Å². The molecule has 0 spiro atoms. The molecule has 0 aliphatic carbocycles. The highest BCUT2D eigenvalue weighted by atomic mass is 35.5. The van der Waals surface area contributed by atoms with Gasteiger partial charge in [0.25, 0.3) is 11.8 Å². The molecule has 3 rings (SSSR count). The molecule has 2 aliphatic rings. The van der Waals surface area contributed by atoms with E-state index < -0.39 is 48.2 Å². The summed E-state index contributed by atoms with van der Waals surface area (Å²) >= 11 is 6.29. The van der Waals surface area contributed by atoms with Crippen LogP contribution in [-0.2, 0) is 49.5 Å². The van der Waals surface area contributed by atoms with Crippen molar-refractivity contribution in [2.75, 3.05) is 31.6 Å². The number of nitrogens with two attached hydrogens (primary N) is 1. The van der Waals surface area contributed by atoms with Crippen LogP contribution in [0.1, 0.15) is 126 Å². The van der Waals surface area contributed by atoms with Gasteiger partial charge in [-0.1, -0.05) is 82.2 Å². The van der Waals surface area contributed by atoms with Crippen molar-refractivity contribution in [1.82, 2.24) is 26.2 Å². The zero-order valence-corrected chi connectivity index (χ0v) is 50.7. The number of benzene rings is 1. The summed E-state index contributed by atoms with van der Waals surface area (Å²) in [6.45, 7) is 25.9. The summed E-state index contributed by atoms with van der Waals surface area (Å²) in [5, 5.41) is 23.6. The standard InChI is InChI=1S/C32H45N7O10.C20H29ClO2.C3H8.4C2H2/c1-20-29(44)23(14-17-48-20)38-32(47)49-19-21-8-10-22(11-9-21)36-30(45)24(6-5-15-34-31(33)46)37-26(41)18-35-25(40)7-3-2-4-16-39-27(42)12-13-28(39)43;1-9-15(7)20(22-16(8)10-2)19(12-4)23-18(11-3)17(21)13-14(5)6;1-3-2;4*1-2/h8-13,20,23-24,29,44H,2-7,14-19H2,1H3,(H,35,40)(H,36,45)(H,37,41)(H,38,47)(H3,33,34,46);9,11-13,16H,4-5,10H2,1-3,6-8H3;3H2,1-2H3;4*1-2H/b;15-9-,17-13+,18-11+,20-19-;;;;;/t20-,23?,24-,29+;16-;;;;;/m00...../s1. The molecule has 8 N–H and O–H groups in total. The maximum absolute atomic E-state index is 13.1. The minimum atomic E-state index is -1.00. The Morgan fingerprint density at radius 2 is 1.49 bits per heavy atom. The van der Waals surface area contributed by atoms with Crippen LogP contribution >= 0.6 is 11.6 Å². The number of halogens is 1. The number of terminal acetylenes is 4. The highest BCUT2D eigenvalue weighted by Gasteiger charge is 2.31.